The Kier molecular flexibility index (Phi) is 8.29. The van der Waals surface area contributed by atoms with Crippen LogP contribution in [0.15, 0.2) is 0 Å². The zero-order chi connectivity index (χ0) is 9.44. The Bertz CT molecular complexity index is 129. The number of carbonyl (C=O) groups excluding carboxylic acids is 1. The van der Waals surface area contributed by atoms with Gasteiger partial charge in [0.25, 0.3) is 0 Å². The van der Waals surface area contributed by atoms with Crippen molar-refractivity contribution in [2.24, 2.45) is 0 Å². The van der Waals surface area contributed by atoms with Crippen LogP contribution in [0.1, 0.15) is 20.3 Å². The lowest BCUT2D eigenvalue weighted by Gasteiger charge is -1.90. The molecule has 5 heteroatoms. The van der Waals surface area contributed by atoms with E-state index in [-0.39, 0.29) is 6.42 Å². The lowest BCUT2D eigenvalue weighted by atomic mass is 10.4. The van der Waals surface area contributed by atoms with Crippen molar-refractivity contribution < 1.29 is 24.9 Å². The summed E-state index contributed by atoms with van der Waals surface area (Å²) in [6.07, 6.45) is -1.56. The van der Waals surface area contributed by atoms with Gasteiger partial charge in [0.05, 0.1) is 0 Å². The topological polar surface area (TPSA) is 94.8 Å². The number of carbonyl (C=O) groups is 2. The Morgan fingerprint density at radius 1 is 1.36 bits per heavy atom. The predicted octanol–water partition coefficient (Wildman–Crippen LogP) is -0.633. The maximum atomic E-state index is 9.64. The first kappa shape index (κ1) is 12.7. The molecule has 0 unspecified atom stereocenters. The first-order valence-corrected chi connectivity index (χ1v) is 3.00. The summed E-state index contributed by atoms with van der Waals surface area (Å²) in [6, 6.07) is 0. The van der Waals surface area contributed by atoms with Gasteiger partial charge in [0.15, 0.2) is 5.78 Å². The van der Waals surface area contributed by atoms with Gasteiger partial charge >= 0.3 is 5.97 Å². The highest BCUT2D eigenvalue weighted by atomic mass is 16.5. The molecule has 0 saturated heterocycles. The molecule has 0 aliphatic heterocycles. The maximum Gasteiger partial charge on any atom is 0.303 e. The van der Waals surface area contributed by atoms with E-state index < -0.39 is 18.0 Å². The summed E-state index contributed by atoms with van der Waals surface area (Å²) >= 11 is 0. The fourth-order valence-electron chi connectivity index (χ4n) is 0. The number of hydrogen-bond acceptors (Lipinski definition) is 4. The van der Waals surface area contributed by atoms with Crippen molar-refractivity contribution in [2.45, 2.75) is 26.6 Å². The van der Waals surface area contributed by atoms with Gasteiger partial charge in [-0.25, -0.2) is 0 Å². The second kappa shape index (κ2) is 7.17. The van der Waals surface area contributed by atoms with Gasteiger partial charge in [0, 0.05) is 6.42 Å². The number of carboxylic acid groups (broad SMARTS) is 1. The minimum absolute atomic E-state index is 0.222. The molecule has 0 radical (unpaired) electrons. The number of Topliss-reactive ketones (excluding diaryl/α,β-unsaturated/α-hetero) is 1. The van der Waals surface area contributed by atoms with Gasteiger partial charge in [0.1, 0.15) is 0 Å². The van der Waals surface area contributed by atoms with Crippen LogP contribution < -0.4 is 0 Å². The molecule has 0 rings (SSSR count). The minimum Gasteiger partial charge on any atom is -0.481 e. The summed E-state index contributed by atoms with van der Waals surface area (Å²) in [5.41, 5.74) is 0. The van der Waals surface area contributed by atoms with Crippen LogP contribution in [0.25, 0.3) is 0 Å². The lowest BCUT2D eigenvalue weighted by Crippen LogP contribution is -2.14. The molecule has 0 heterocycles. The number of hydrogen-bond donors (Lipinski definition) is 3. The van der Waals surface area contributed by atoms with Crippen molar-refractivity contribution in [3.63, 3.8) is 0 Å². The van der Waals surface area contributed by atoms with Crippen molar-refractivity contribution in [1.82, 2.24) is 0 Å². The van der Waals surface area contributed by atoms with Crippen LogP contribution in [0.2, 0.25) is 0 Å². The van der Waals surface area contributed by atoms with E-state index in [0.29, 0.717) is 0 Å². The average Bonchev–Trinajstić information content (AvgIpc) is 1.89. The summed E-state index contributed by atoms with van der Waals surface area (Å²) in [4.78, 5) is 19.0. The molecule has 0 aliphatic rings. The van der Waals surface area contributed by atoms with Crippen molar-refractivity contribution in [3.8, 4) is 0 Å². The molecule has 0 fully saturated rings. The van der Waals surface area contributed by atoms with Crippen LogP contribution in [0.3, 0.4) is 0 Å². The molecule has 0 aromatic rings. The standard InChI is InChI=1S/C3H6O3.C3H6O2/c1-2(4)3(5)6;1-2-3(4)5/h3,5-6H,1H3;2H2,1H3,(H,4,5). The van der Waals surface area contributed by atoms with Gasteiger partial charge in [0.2, 0.25) is 6.29 Å². The van der Waals surface area contributed by atoms with Gasteiger partial charge in [-0.3, -0.25) is 9.59 Å². The summed E-state index contributed by atoms with van der Waals surface area (Å²) in [7, 11) is 0. The molecule has 0 saturated carbocycles. The van der Waals surface area contributed by atoms with Crippen LogP contribution >= 0.6 is 0 Å². The first-order valence-electron chi connectivity index (χ1n) is 3.00. The lowest BCUT2D eigenvalue weighted by molar-refractivity contribution is -0.142. The largest absolute Gasteiger partial charge is 0.481 e. The van der Waals surface area contributed by atoms with Gasteiger partial charge in [-0.1, -0.05) is 6.92 Å². The molecule has 0 amide bonds. The third kappa shape index (κ3) is 17.6. The molecule has 3 N–H and O–H groups in total. The fraction of sp³-hybridized carbons (Fsp3) is 0.667. The number of ketones is 1. The van der Waals surface area contributed by atoms with Crippen molar-refractivity contribution in [1.29, 1.82) is 0 Å². The van der Waals surface area contributed by atoms with Gasteiger partial charge in [-0.05, 0) is 6.92 Å². The van der Waals surface area contributed by atoms with E-state index in [1.165, 1.54) is 0 Å². The van der Waals surface area contributed by atoms with Crippen LogP contribution in [0, 0.1) is 0 Å². The quantitative estimate of drug-likeness (QED) is 0.472. The van der Waals surface area contributed by atoms with E-state index in [1.807, 2.05) is 0 Å². The Morgan fingerprint density at radius 3 is 1.55 bits per heavy atom. The zero-order valence-electron chi connectivity index (χ0n) is 6.44. The van der Waals surface area contributed by atoms with Gasteiger partial charge in [-0.15, -0.1) is 0 Å². The smallest absolute Gasteiger partial charge is 0.303 e. The summed E-state index contributed by atoms with van der Waals surface area (Å²) in [5.74, 6) is -1.37. The van der Waals surface area contributed by atoms with E-state index in [1.54, 1.807) is 6.92 Å². The van der Waals surface area contributed by atoms with Crippen LogP contribution in [-0.4, -0.2) is 33.4 Å². The number of aliphatic hydroxyl groups is 2. The van der Waals surface area contributed by atoms with Crippen LogP contribution in [0.5, 0.6) is 0 Å². The number of rotatable bonds is 2. The normalized spacial score (nSPS) is 8.45. The highest BCUT2D eigenvalue weighted by molar-refractivity contribution is 5.78. The third-order valence-corrected chi connectivity index (χ3v) is 0.666. The van der Waals surface area contributed by atoms with Crippen LogP contribution in [0.4, 0.5) is 0 Å². The molecule has 66 valence electrons. The van der Waals surface area contributed by atoms with E-state index >= 15 is 0 Å². The molecule has 0 bridgehead atoms. The molecular weight excluding hydrogens is 152 g/mol. The zero-order valence-corrected chi connectivity index (χ0v) is 6.44. The molecule has 0 spiro atoms. The predicted molar refractivity (Wildman–Crippen MR) is 36.8 cm³/mol. The first-order chi connectivity index (χ1) is 4.91. The van der Waals surface area contributed by atoms with Crippen LogP contribution in [-0.2, 0) is 9.59 Å². The van der Waals surface area contributed by atoms with Crippen molar-refractivity contribution in [3.05, 3.63) is 0 Å². The number of aliphatic hydroxyl groups excluding tert-OH is 1. The third-order valence-electron chi connectivity index (χ3n) is 0.666. The van der Waals surface area contributed by atoms with E-state index in [9.17, 15) is 9.59 Å². The highest BCUT2D eigenvalue weighted by Gasteiger charge is 1.99. The molecule has 0 aliphatic carbocycles. The minimum atomic E-state index is -1.79. The monoisotopic (exact) mass is 164 g/mol. The Hall–Kier alpha value is -0.940. The fourth-order valence-corrected chi connectivity index (χ4v) is 0. The summed E-state index contributed by atoms with van der Waals surface area (Å²) in [5, 5.41) is 23.4. The molecule has 0 atom stereocenters. The Morgan fingerprint density at radius 2 is 1.55 bits per heavy atom. The molecular formula is C6H12O5. The Balaban J connectivity index is 0. The Labute approximate surface area is 64.3 Å². The average molecular weight is 164 g/mol. The highest BCUT2D eigenvalue weighted by Crippen LogP contribution is 1.72. The number of aliphatic carboxylic acids is 1. The van der Waals surface area contributed by atoms with E-state index in [2.05, 4.69) is 0 Å². The van der Waals surface area contributed by atoms with Crippen molar-refractivity contribution >= 4 is 11.8 Å². The maximum absolute atomic E-state index is 9.64. The molecule has 0 aromatic heterocycles. The van der Waals surface area contributed by atoms with Gasteiger partial charge < -0.3 is 15.3 Å². The van der Waals surface area contributed by atoms with E-state index in [4.69, 9.17) is 15.3 Å². The van der Waals surface area contributed by atoms with Gasteiger partial charge in [-0.2, -0.15) is 0 Å². The SMILES string of the molecule is CC(=O)C(O)O.CCC(=O)O. The molecule has 11 heavy (non-hydrogen) atoms. The second-order valence-electron chi connectivity index (χ2n) is 1.73. The number of carboxylic acids is 1. The summed E-state index contributed by atoms with van der Waals surface area (Å²) < 4.78 is 0. The second-order valence-corrected chi connectivity index (χ2v) is 1.73. The summed E-state index contributed by atoms with van der Waals surface area (Å²) in [6.45, 7) is 2.70. The van der Waals surface area contributed by atoms with E-state index in [0.717, 1.165) is 6.92 Å². The molecule has 5 nitrogen and oxygen atoms in total. The van der Waals surface area contributed by atoms with Crippen molar-refractivity contribution in [2.75, 3.05) is 0 Å². The molecule has 0 aromatic carbocycles.